The molecule has 0 bridgehead atoms. The van der Waals surface area contributed by atoms with Crippen LogP contribution in [0.5, 0.6) is 0 Å². The van der Waals surface area contributed by atoms with E-state index < -0.39 is 11.9 Å². The molecule has 2 heterocycles. The third-order valence-electron chi connectivity index (χ3n) is 2.67. The Labute approximate surface area is 118 Å². The van der Waals surface area contributed by atoms with Crippen molar-refractivity contribution in [1.29, 1.82) is 0 Å². The van der Waals surface area contributed by atoms with Crippen LogP contribution in [0.4, 0.5) is 13.2 Å². The molecule has 0 aliphatic rings. The number of nitrogens with zero attached hydrogens (tertiary/aromatic N) is 3. The van der Waals surface area contributed by atoms with Gasteiger partial charge in [0.1, 0.15) is 5.01 Å². The van der Waals surface area contributed by atoms with Crippen LogP contribution in [0.25, 0.3) is 10.7 Å². The highest BCUT2D eigenvalue weighted by molar-refractivity contribution is 7.15. The van der Waals surface area contributed by atoms with Crippen molar-refractivity contribution in [3.8, 4) is 10.7 Å². The molecule has 0 saturated carbocycles. The van der Waals surface area contributed by atoms with Crippen LogP contribution in [0.3, 0.4) is 0 Å². The number of nitrogens with one attached hydrogen (secondary N) is 1. The molecule has 0 atom stereocenters. The molecule has 20 heavy (non-hydrogen) atoms. The summed E-state index contributed by atoms with van der Waals surface area (Å²) in [5, 5.41) is 3.33. The molecule has 0 radical (unpaired) electrons. The zero-order chi connectivity index (χ0) is 14.9. The smallest absolute Gasteiger partial charge is 0.332 e. The van der Waals surface area contributed by atoms with Gasteiger partial charge in [-0.3, -0.25) is 0 Å². The predicted molar refractivity (Wildman–Crippen MR) is 71.3 cm³/mol. The number of imidazole rings is 1. The molecule has 2 rings (SSSR count). The van der Waals surface area contributed by atoms with Crippen molar-refractivity contribution in [3.63, 3.8) is 0 Å². The van der Waals surface area contributed by atoms with Crippen molar-refractivity contribution in [3.05, 3.63) is 23.1 Å². The van der Waals surface area contributed by atoms with E-state index in [0.29, 0.717) is 10.7 Å². The minimum atomic E-state index is -4.44. The summed E-state index contributed by atoms with van der Waals surface area (Å²) in [6.07, 6.45) is -1.39. The van der Waals surface area contributed by atoms with Gasteiger partial charge in [-0.2, -0.15) is 13.2 Å². The number of alkyl halides is 3. The van der Waals surface area contributed by atoms with Crippen LogP contribution < -0.4 is 5.32 Å². The summed E-state index contributed by atoms with van der Waals surface area (Å²) in [6.45, 7) is 3.93. The maximum atomic E-state index is 13.0. The zero-order valence-electron chi connectivity index (χ0n) is 11.3. The fourth-order valence-corrected chi connectivity index (χ4v) is 2.75. The topological polar surface area (TPSA) is 42.7 Å². The summed E-state index contributed by atoms with van der Waals surface area (Å²) < 4.78 is 40.7. The van der Waals surface area contributed by atoms with Gasteiger partial charge in [-0.15, -0.1) is 11.3 Å². The Balaban J connectivity index is 2.39. The summed E-state index contributed by atoms with van der Waals surface area (Å²) in [7, 11) is 1.73. The van der Waals surface area contributed by atoms with Gasteiger partial charge in [0.25, 0.3) is 0 Å². The Hall–Kier alpha value is -1.41. The SMILES string of the molecule is CC(C)NCc1sc(-c2cncn2C)nc1C(F)(F)F. The lowest BCUT2D eigenvalue weighted by Crippen LogP contribution is -2.23. The second-order valence-corrected chi connectivity index (χ2v) is 5.80. The van der Waals surface area contributed by atoms with Gasteiger partial charge in [0.15, 0.2) is 5.69 Å². The first kappa shape index (κ1) is 15.0. The molecule has 0 spiro atoms. The minimum Gasteiger partial charge on any atom is -0.332 e. The van der Waals surface area contributed by atoms with Crippen LogP contribution in [-0.4, -0.2) is 20.6 Å². The summed E-state index contributed by atoms with van der Waals surface area (Å²) in [6, 6.07) is 0.110. The summed E-state index contributed by atoms with van der Waals surface area (Å²) >= 11 is 1.05. The van der Waals surface area contributed by atoms with Gasteiger partial charge in [0, 0.05) is 19.6 Å². The lowest BCUT2D eigenvalue weighted by atomic mass is 10.3. The Morgan fingerprint density at radius 3 is 2.60 bits per heavy atom. The van der Waals surface area contributed by atoms with Crippen LogP contribution in [0.1, 0.15) is 24.4 Å². The van der Waals surface area contributed by atoms with Crippen molar-refractivity contribution in [1.82, 2.24) is 19.9 Å². The van der Waals surface area contributed by atoms with E-state index in [2.05, 4.69) is 15.3 Å². The fraction of sp³-hybridized carbons (Fsp3) is 0.500. The summed E-state index contributed by atoms with van der Waals surface area (Å²) in [5.74, 6) is 0. The Bertz CT molecular complexity index is 586. The maximum absolute atomic E-state index is 13.0. The average molecular weight is 304 g/mol. The number of rotatable bonds is 4. The second kappa shape index (κ2) is 5.53. The number of hydrogen-bond acceptors (Lipinski definition) is 4. The largest absolute Gasteiger partial charge is 0.434 e. The monoisotopic (exact) mass is 304 g/mol. The molecule has 0 fully saturated rings. The predicted octanol–water partition coefficient (Wildman–Crippen LogP) is 3.06. The Morgan fingerprint density at radius 2 is 2.10 bits per heavy atom. The summed E-state index contributed by atoms with van der Waals surface area (Å²) in [5.41, 5.74) is -0.233. The van der Waals surface area contributed by atoms with Gasteiger partial charge in [0.05, 0.1) is 23.1 Å². The maximum Gasteiger partial charge on any atom is 0.434 e. The number of aryl methyl sites for hydroxylation is 1. The van der Waals surface area contributed by atoms with Crippen LogP contribution in [0, 0.1) is 0 Å². The van der Waals surface area contributed by atoms with Gasteiger partial charge >= 0.3 is 6.18 Å². The zero-order valence-corrected chi connectivity index (χ0v) is 12.1. The second-order valence-electron chi connectivity index (χ2n) is 4.71. The number of halogens is 3. The van der Waals surface area contributed by atoms with Gasteiger partial charge < -0.3 is 9.88 Å². The van der Waals surface area contributed by atoms with Gasteiger partial charge in [-0.1, -0.05) is 13.8 Å². The molecule has 2 aromatic rings. The van der Waals surface area contributed by atoms with E-state index in [1.54, 1.807) is 11.6 Å². The van der Waals surface area contributed by atoms with Crippen LogP contribution in [0.2, 0.25) is 0 Å². The third-order valence-corrected chi connectivity index (χ3v) is 3.75. The van der Waals surface area contributed by atoms with Crippen molar-refractivity contribution in [2.45, 2.75) is 32.6 Å². The molecule has 0 unspecified atom stereocenters. The quantitative estimate of drug-likeness (QED) is 0.944. The number of thiazole rings is 1. The molecule has 0 aliphatic heterocycles. The van der Waals surface area contributed by atoms with Crippen molar-refractivity contribution in [2.75, 3.05) is 0 Å². The Morgan fingerprint density at radius 1 is 1.40 bits per heavy atom. The molecular formula is C12H15F3N4S. The summed E-state index contributed by atoms with van der Waals surface area (Å²) in [4.78, 5) is 7.86. The van der Waals surface area contributed by atoms with Gasteiger partial charge in [-0.25, -0.2) is 9.97 Å². The molecule has 1 N–H and O–H groups in total. The molecule has 110 valence electrons. The highest BCUT2D eigenvalue weighted by atomic mass is 32.1. The molecule has 2 aromatic heterocycles. The molecular weight excluding hydrogens is 289 g/mol. The number of aromatic nitrogens is 3. The molecule has 0 aliphatic carbocycles. The molecule has 0 aromatic carbocycles. The van der Waals surface area contributed by atoms with E-state index in [1.165, 1.54) is 12.5 Å². The molecule has 4 nitrogen and oxygen atoms in total. The number of hydrogen-bond donors (Lipinski definition) is 1. The lowest BCUT2D eigenvalue weighted by Gasteiger charge is -2.09. The van der Waals surface area contributed by atoms with Crippen molar-refractivity contribution < 1.29 is 13.2 Å². The highest BCUT2D eigenvalue weighted by Crippen LogP contribution is 2.37. The van der Waals surface area contributed by atoms with Gasteiger partial charge in [0.2, 0.25) is 0 Å². The fourth-order valence-electron chi connectivity index (χ4n) is 1.66. The van der Waals surface area contributed by atoms with Crippen LogP contribution in [0.15, 0.2) is 12.5 Å². The Kier molecular flexibility index (Phi) is 4.14. The first-order valence-corrected chi connectivity index (χ1v) is 6.87. The molecule has 8 heteroatoms. The van der Waals surface area contributed by atoms with Crippen LogP contribution in [-0.2, 0) is 19.8 Å². The molecule has 0 saturated heterocycles. The minimum absolute atomic E-state index is 0.110. The van der Waals surface area contributed by atoms with Crippen LogP contribution >= 0.6 is 11.3 Å². The van der Waals surface area contributed by atoms with E-state index in [1.807, 2.05) is 13.8 Å². The van der Waals surface area contributed by atoms with Gasteiger partial charge in [-0.05, 0) is 0 Å². The first-order valence-electron chi connectivity index (χ1n) is 6.06. The van der Waals surface area contributed by atoms with E-state index in [9.17, 15) is 13.2 Å². The normalized spacial score (nSPS) is 12.3. The standard InChI is InChI=1S/C12H15F3N4S/c1-7(2)17-5-9-10(12(13,14)15)18-11(20-9)8-4-16-6-19(8)3/h4,6-7,17H,5H2,1-3H3. The average Bonchev–Trinajstić information content (AvgIpc) is 2.91. The van der Waals surface area contributed by atoms with Crippen molar-refractivity contribution in [2.24, 2.45) is 7.05 Å². The van der Waals surface area contributed by atoms with E-state index in [0.717, 1.165) is 11.3 Å². The van der Waals surface area contributed by atoms with E-state index >= 15 is 0 Å². The van der Waals surface area contributed by atoms with Crippen molar-refractivity contribution >= 4 is 11.3 Å². The lowest BCUT2D eigenvalue weighted by molar-refractivity contribution is -0.141. The van der Waals surface area contributed by atoms with E-state index in [-0.39, 0.29) is 17.5 Å². The molecule has 0 amide bonds. The third kappa shape index (κ3) is 3.18. The highest BCUT2D eigenvalue weighted by Gasteiger charge is 2.37. The van der Waals surface area contributed by atoms with E-state index in [4.69, 9.17) is 0 Å². The first-order chi connectivity index (χ1) is 9.29.